The van der Waals surface area contributed by atoms with Gasteiger partial charge in [-0.15, -0.1) is 0 Å². The number of nitrogens with one attached hydrogen (secondary N) is 1. The van der Waals surface area contributed by atoms with Crippen LogP contribution in [0.4, 0.5) is 0 Å². The summed E-state index contributed by atoms with van der Waals surface area (Å²) in [4.78, 5) is 11.5. The first-order chi connectivity index (χ1) is 7.10. The lowest BCUT2D eigenvalue weighted by Gasteiger charge is -2.19. The molecule has 0 radical (unpaired) electrons. The van der Waals surface area contributed by atoms with Crippen molar-refractivity contribution in [2.45, 2.75) is 48.0 Å². The molecule has 0 aliphatic carbocycles. The van der Waals surface area contributed by atoms with Gasteiger partial charge in [-0.2, -0.15) is 11.8 Å². The highest BCUT2D eigenvalue weighted by Crippen LogP contribution is 2.20. The SMILES string of the molecule is CC(C)(C)CNC(=O)CCSCC(C)(C)C. The van der Waals surface area contributed by atoms with Crippen LogP contribution in [-0.2, 0) is 4.79 Å². The summed E-state index contributed by atoms with van der Waals surface area (Å²) in [5.41, 5.74) is 0.529. The first-order valence-electron chi connectivity index (χ1n) is 5.95. The molecule has 0 spiro atoms. The van der Waals surface area contributed by atoms with Crippen LogP contribution in [-0.4, -0.2) is 24.0 Å². The molecule has 0 aliphatic heterocycles. The number of carbonyl (C=O) groups is 1. The van der Waals surface area contributed by atoms with E-state index in [4.69, 9.17) is 0 Å². The van der Waals surface area contributed by atoms with Crippen LogP contribution in [0, 0.1) is 10.8 Å². The summed E-state index contributed by atoms with van der Waals surface area (Å²) in [7, 11) is 0. The van der Waals surface area contributed by atoms with Crippen LogP contribution in [0.3, 0.4) is 0 Å². The van der Waals surface area contributed by atoms with E-state index in [-0.39, 0.29) is 11.3 Å². The minimum Gasteiger partial charge on any atom is -0.356 e. The van der Waals surface area contributed by atoms with Gasteiger partial charge in [0.2, 0.25) is 5.91 Å². The minimum absolute atomic E-state index is 0.175. The van der Waals surface area contributed by atoms with E-state index in [0.29, 0.717) is 11.8 Å². The van der Waals surface area contributed by atoms with Crippen LogP contribution in [0.25, 0.3) is 0 Å². The van der Waals surface area contributed by atoms with E-state index in [2.05, 4.69) is 46.9 Å². The molecular formula is C13H27NOS. The summed E-state index contributed by atoms with van der Waals surface area (Å²) in [6.45, 7) is 13.8. The van der Waals surface area contributed by atoms with E-state index >= 15 is 0 Å². The highest BCUT2D eigenvalue weighted by atomic mass is 32.2. The smallest absolute Gasteiger partial charge is 0.220 e. The summed E-state index contributed by atoms with van der Waals surface area (Å²) < 4.78 is 0. The zero-order valence-corrected chi connectivity index (χ0v) is 12.5. The van der Waals surface area contributed by atoms with Gasteiger partial charge in [0.1, 0.15) is 0 Å². The van der Waals surface area contributed by atoms with Crippen molar-refractivity contribution in [3.8, 4) is 0 Å². The Morgan fingerprint density at radius 3 is 2.06 bits per heavy atom. The molecule has 1 amide bonds. The molecule has 16 heavy (non-hydrogen) atoms. The molecule has 0 unspecified atom stereocenters. The molecule has 0 heterocycles. The maximum absolute atomic E-state index is 11.5. The molecule has 0 atom stereocenters. The second-order valence-electron chi connectivity index (χ2n) is 6.70. The normalized spacial score (nSPS) is 12.6. The highest BCUT2D eigenvalue weighted by Gasteiger charge is 2.13. The standard InChI is InChI=1S/C13H27NOS/c1-12(2,3)9-14-11(15)7-8-16-10-13(4,5)6/h7-10H2,1-6H3,(H,14,15). The fourth-order valence-electron chi connectivity index (χ4n) is 0.995. The summed E-state index contributed by atoms with van der Waals surface area (Å²) >= 11 is 1.86. The summed E-state index contributed by atoms with van der Waals surface area (Å²) in [6, 6.07) is 0. The Kier molecular flexibility index (Phi) is 6.46. The number of hydrogen-bond donors (Lipinski definition) is 1. The van der Waals surface area contributed by atoms with Gasteiger partial charge in [-0.1, -0.05) is 41.5 Å². The number of rotatable bonds is 5. The Morgan fingerprint density at radius 1 is 1.06 bits per heavy atom. The molecule has 96 valence electrons. The fourth-order valence-corrected chi connectivity index (χ4v) is 2.08. The number of hydrogen-bond acceptors (Lipinski definition) is 2. The van der Waals surface area contributed by atoms with Crippen molar-refractivity contribution < 1.29 is 4.79 Å². The Hall–Kier alpha value is -0.180. The molecular weight excluding hydrogens is 218 g/mol. The molecule has 0 saturated carbocycles. The Bertz CT molecular complexity index is 213. The third-order valence-corrected chi connectivity index (χ3v) is 3.39. The molecule has 2 nitrogen and oxygen atoms in total. The lowest BCUT2D eigenvalue weighted by atomic mass is 9.97. The molecule has 0 aromatic rings. The second kappa shape index (κ2) is 6.53. The molecule has 3 heteroatoms. The monoisotopic (exact) mass is 245 g/mol. The Labute approximate surface area is 105 Å². The molecule has 0 aromatic carbocycles. The van der Waals surface area contributed by atoms with E-state index in [1.165, 1.54) is 0 Å². The van der Waals surface area contributed by atoms with Crippen molar-refractivity contribution >= 4 is 17.7 Å². The summed E-state index contributed by atoms with van der Waals surface area (Å²) in [6.07, 6.45) is 0.636. The zero-order valence-electron chi connectivity index (χ0n) is 11.6. The van der Waals surface area contributed by atoms with Gasteiger partial charge in [-0.05, 0) is 16.6 Å². The van der Waals surface area contributed by atoms with Gasteiger partial charge in [0.15, 0.2) is 0 Å². The van der Waals surface area contributed by atoms with Gasteiger partial charge < -0.3 is 5.32 Å². The average molecular weight is 245 g/mol. The number of amides is 1. The van der Waals surface area contributed by atoms with Crippen LogP contribution in [0.5, 0.6) is 0 Å². The van der Waals surface area contributed by atoms with Crippen molar-refractivity contribution in [2.24, 2.45) is 10.8 Å². The average Bonchev–Trinajstić information content (AvgIpc) is 2.06. The van der Waals surface area contributed by atoms with E-state index in [1.807, 2.05) is 11.8 Å². The van der Waals surface area contributed by atoms with Gasteiger partial charge in [0, 0.05) is 18.7 Å². The summed E-state index contributed by atoms with van der Waals surface area (Å²) in [5.74, 6) is 2.21. The summed E-state index contributed by atoms with van der Waals surface area (Å²) in [5, 5.41) is 2.97. The van der Waals surface area contributed by atoms with Gasteiger partial charge in [-0.25, -0.2) is 0 Å². The van der Waals surface area contributed by atoms with Crippen LogP contribution >= 0.6 is 11.8 Å². The molecule has 1 N–H and O–H groups in total. The van der Waals surface area contributed by atoms with Crippen molar-refractivity contribution in [1.29, 1.82) is 0 Å². The minimum atomic E-state index is 0.175. The fraction of sp³-hybridized carbons (Fsp3) is 0.923. The van der Waals surface area contributed by atoms with E-state index in [1.54, 1.807) is 0 Å². The predicted molar refractivity (Wildman–Crippen MR) is 73.9 cm³/mol. The van der Waals surface area contributed by atoms with Crippen molar-refractivity contribution in [3.63, 3.8) is 0 Å². The van der Waals surface area contributed by atoms with Crippen LogP contribution in [0.1, 0.15) is 48.0 Å². The van der Waals surface area contributed by atoms with Gasteiger partial charge in [-0.3, -0.25) is 4.79 Å². The molecule has 0 aromatic heterocycles. The lowest BCUT2D eigenvalue weighted by molar-refractivity contribution is -0.121. The third-order valence-electron chi connectivity index (χ3n) is 1.82. The maximum atomic E-state index is 11.5. The molecule has 0 bridgehead atoms. The molecule has 0 fully saturated rings. The van der Waals surface area contributed by atoms with Gasteiger partial charge in [0.25, 0.3) is 0 Å². The second-order valence-corrected chi connectivity index (χ2v) is 7.81. The largest absolute Gasteiger partial charge is 0.356 e. The van der Waals surface area contributed by atoms with Crippen LogP contribution in [0.15, 0.2) is 0 Å². The van der Waals surface area contributed by atoms with Crippen molar-refractivity contribution in [1.82, 2.24) is 5.32 Å². The van der Waals surface area contributed by atoms with Gasteiger partial charge >= 0.3 is 0 Å². The maximum Gasteiger partial charge on any atom is 0.220 e. The van der Waals surface area contributed by atoms with E-state index in [9.17, 15) is 4.79 Å². The van der Waals surface area contributed by atoms with Crippen LogP contribution in [0.2, 0.25) is 0 Å². The third kappa shape index (κ3) is 11.9. The Balaban J connectivity index is 3.52. The van der Waals surface area contributed by atoms with Crippen molar-refractivity contribution in [3.05, 3.63) is 0 Å². The number of carbonyl (C=O) groups excluding carboxylic acids is 1. The Morgan fingerprint density at radius 2 is 1.62 bits per heavy atom. The lowest BCUT2D eigenvalue weighted by Crippen LogP contribution is -2.32. The van der Waals surface area contributed by atoms with Crippen molar-refractivity contribution in [2.75, 3.05) is 18.1 Å². The highest BCUT2D eigenvalue weighted by molar-refractivity contribution is 7.99. The zero-order chi connectivity index (χ0) is 12.8. The number of thioether (sulfide) groups is 1. The van der Waals surface area contributed by atoms with Gasteiger partial charge in [0.05, 0.1) is 0 Å². The molecule has 0 saturated heterocycles. The first kappa shape index (κ1) is 15.8. The van der Waals surface area contributed by atoms with E-state index < -0.39 is 0 Å². The molecule has 0 rings (SSSR count). The first-order valence-corrected chi connectivity index (χ1v) is 7.10. The quantitative estimate of drug-likeness (QED) is 0.753. The topological polar surface area (TPSA) is 29.1 Å². The van der Waals surface area contributed by atoms with E-state index in [0.717, 1.165) is 18.1 Å². The predicted octanol–water partition coefficient (Wildman–Crippen LogP) is 3.32. The van der Waals surface area contributed by atoms with Crippen LogP contribution < -0.4 is 5.32 Å². The molecule has 0 aliphatic rings.